The number of anilines is 1. The van der Waals surface area contributed by atoms with Crippen molar-refractivity contribution in [1.29, 1.82) is 0 Å². The van der Waals surface area contributed by atoms with Gasteiger partial charge in [0, 0.05) is 30.9 Å². The standard InChI is InChI=1S/C13H14ClN3O2S2/c1-17(2)21(18,19)10-4-5-12(11(15)7-10)20-13-6-3-9(14)8-16-13/h3-8H,15H2,1-2H3. The smallest absolute Gasteiger partial charge is 0.242 e. The predicted octanol–water partition coefficient (Wildman–Crippen LogP) is 2.72. The van der Waals surface area contributed by atoms with Crippen LogP contribution in [0.15, 0.2) is 51.3 Å². The Morgan fingerprint density at radius 3 is 2.48 bits per heavy atom. The van der Waals surface area contributed by atoms with Gasteiger partial charge >= 0.3 is 0 Å². The first-order chi connectivity index (χ1) is 9.80. The molecule has 0 aliphatic heterocycles. The van der Waals surface area contributed by atoms with Crippen molar-refractivity contribution in [2.24, 2.45) is 0 Å². The summed E-state index contributed by atoms with van der Waals surface area (Å²) in [6.07, 6.45) is 1.55. The lowest BCUT2D eigenvalue weighted by molar-refractivity contribution is 0.520. The van der Waals surface area contributed by atoms with Crippen LogP contribution in [0.3, 0.4) is 0 Å². The SMILES string of the molecule is CN(C)S(=O)(=O)c1ccc(Sc2ccc(Cl)cn2)c(N)c1. The molecule has 0 fully saturated rings. The zero-order valence-electron chi connectivity index (χ0n) is 11.4. The number of halogens is 1. The molecule has 0 amide bonds. The third-order valence-corrected chi connectivity index (χ3v) is 5.75. The van der Waals surface area contributed by atoms with Crippen LogP contribution in [0.5, 0.6) is 0 Å². The summed E-state index contributed by atoms with van der Waals surface area (Å²) in [4.78, 5) is 5.07. The quantitative estimate of drug-likeness (QED) is 0.864. The molecule has 0 bridgehead atoms. The van der Waals surface area contributed by atoms with Gasteiger partial charge in [-0.25, -0.2) is 17.7 Å². The first kappa shape index (κ1) is 16.1. The topological polar surface area (TPSA) is 76.3 Å². The molecule has 0 aliphatic rings. The van der Waals surface area contributed by atoms with E-state index in [2.05, 4.69) is 4.98 Å². The van der Waals surface area contributed by atoms with Gasteiger partial charge in [-0.15, -0.1) is 0 Å². The van der Waals surface area contributed by atoms with E-state index in [0.29, 0.717) is 10.7 Å². The molecule has 0 saturated carbocycles. The van der Waals surface area contributed by atoms with E-state index in [1.165, 1.54) is 38.0 Å². The molecule has 112 valence electrons. The van der Waals surface area contributed by atoms with Crippen molar-refractivity contribution in [1.82, 2.24) is 9.29 Å². The summed E-state index contributed by atoms with van der Waals surface area (Å²) in [6.45, 7) is 0. The minimum atomic E-state index is -3.48. The highest BCUT2D eigenvalue weighted by Gasteiger charge is 2.18. The van der Waals surface area contributed by atoms with Crippen LogP contribution >= 0.6 is 23.4 Å². The Kier molecular flexibility index (Phi) is 4.77. The number of nitrogens with zero attached hydrogens (tertiary/aromatic N) is 2. The molecule has 2 aromatic rings. The van der Waals surface area contributed by atoms with Gasteiger partial charge in [0.15, 0.2) is 0 Å². The van der Waals surface area contributed by atoms with Crippen LogP contribution in [0, 0.1) is 0 Å². The van der Waals surface area contributed by atoms with Crippen LogP contribution < -0.4 is 5.73 Å². The van der Waals surface area contributed by atoms with Crippen molar-refractivity contribution < 1.29 is 8.42 Å². The number of pyridine rings is 1. The Bertz CT molecular complexity index is 747. The van der Waals surface area contributed by atoms with E-state index in [0.717, 1.165) is 14.2 Å². The molecule has 0 spiro atoms. The highest BCUT2D eigenvalue weighted by atomic mass is 35.5. The fraction of sp³-hybridized carbons (Fsp3) is 0.154. The Hall–Kier alpha value is -1.28. The van der Waals surface area contributed by atoms with Gasteiger partial charge in [-0.3, -0.25) is 0 Å². The lowest BCUT2D eigenvalue weighted by Crippen LogP contribution is -2.22. The molecule has 1 aromatic heterocycles. The highest BCUT2D eigenvalue weighted by molar-refractivity contribution is 7.99. The molecule has 2 N–H and O–H groups in total. The maximum Gasteiger partial charge on any atom is 0.242 e. The molecule has 8 heteroatoms. The van der Waals surface area contributed by atoms with E-state index < -0.39 is 10.0 Å². The number of hydrogen-bond acceptors (Lipinski definition) is 5. The number of aromatic nitrogens is 1. The summed E-state index contributed by atoms with van der Waals surface area (Å²) < 4.78 is 25.2. The largest absolute Gasteiger partial charge is 0.398 e. The summed E-state index contributed by atoms with van der Waals surface area (Å²) in [5.74, 6) is 0. The van der Waals surface area contributed by atoms with Crippen LogP contribution in [0.1, 0.15) is 0 Å². The lowest BCUT2D eigenvalue weighted by Gasteiger charge is -2.13. The molecule has 0 aliphatic carbocycles. The van der Waals surface area contributed by atoms with Crippen molar-refractivity contribution in [3.05, 3.63) is 41.6 Å². The maximum atomic E-state index is 12.0. The summed E-state index contributed by atoms with van der Waals surface area (Å²) in [6, 6.07) is 8.17. The van der Waals surface area contributed by atoms with E-state index in [9.17, 15) is 8.42 Å². The molecule has 0 saturated heterocycles. The molecular formula is C13H14ClN3O2S2. The monoisotopic (exact) mass is 343 g/mol. The fourth-order valence-electron chi connectivity index (χ4n) is 1.53. The lowest BCUT2D eigenvalue weighted by atomic mass is 10.3. The van der Waals surface area contributed by atoms with Gasteiger partial charge in [0.1, 0.15) is 5.03 Å². The molecule has 21 heavy (non-hydrogen) atoms. The zero-order chi connectivity index (χ0) is 15.6. The third kappa shape index (κ3) is 3.68. The third-order valence-electron chi connectivity index (χ3n) is 2.67. The average Bonchev–Trinajstić information content (AvgIpc) is 2.43. The first-order valence-corrected chi connectivity index (χ1v) is 8.55. The second-order valence-electron chi connectivity index (χ2n) is 4.40. The van der Waals surface area contributed by atoms with Crippen molar-refractivity contribution in [3.8, 4) is 0 Å². The molecule has 0 atom stereocenters. The van der Waals surface area contributed by atoms with Crippen LogP contribution in [0.2, 0.25) is 5.02 Å². The predicted molar refractivity (Wildman–Crippen MR) is 85.1 cm³/mol. The number of sulfonamides is 1. The van der Waals surface area contributed by atoms with Gasteiger partial charge < -0.3 is 5.73 Å². The number of benzene rings is 1. The minimum absolute atomic E-state index is 0.165. The number of hydrogen-bond donors (Lipinski definition) is 1. The van der Waals surface area contributed by atoms with E-state index in [-0.39, 0.29) is 4.90 Å². The van der Waals surface area contributed by atoms with Crippen LogP contribution in [0.25, 0.3) is 0 Å². The normalized spacial score (nSPS) is 11.8. The molecule has 1 aromatic carbocycles. The zero-order valence-corrected chi connectivity index (χ0v) is 13.8. The van der Waals surface area contributed by atoms with E-state index in [4.69, 9.17) is 17.3 Å². The van der Waals surface area contributed by atoms with E-state index in [1.807, 2.05) is 0 Å². The molecule has 5 nitrogen and oxygen atoms in total. The van der Waals surface area contributed by atoms with Crippen LogP contribution in [-0.2, 0) is 10.0 Å². The summed E-state index contributed by atoms with van der Waals surface area (Å²) in [5.41, 5.74) is 6.33. The van der Waals surface area contributed by atoms with Gasteiger partial charge in [0.05, 0.1) is 9.92 Å². The van der Waals surface area contributed by atoms with Crippen molar-refractivity contribution >= 4 is 39.1 Å². The maximum absolute atomic E-state index is 12.0. The minimum Gasteiger partial charge on any atom is -0.398 e. The fourth-order valence-corrected chi connectivity index (χ4v) is 3.36. The summed E-state index contributed by atoms with van der Waals surface area (Å²) in [5, 5.41) is 1.29. The molecule has 0 radical (unpaired) electrons. The van der Waals surface area contributed by atoms with Crippen LogP contribution in [-0.4, -0.2) is 31.8 Å². The van der Waals surface area contributed by atoms with Crippen molar-refractivity contribution in [2.45, 2.75) is 14.8 Å². The molecule has 0 unspecified atom stereocenters. The molecule has 2 rings (SSSR count). The van der Waals surface area contributed by atoms with Gasteiger partial charge in [-0.1, -0.05) is 23.4 Å². The van der Waals surface area contributed by atoms with Crippen molar-refractivity contribution in [2.75, 3.05) is 19.8 Å². The Morgan fingerprint density at radius 1 is 1.24 bits per heavy atom. The van der Waals surface area contributed by atoms with Crippen LogP contribution in [0.4, 0.5) is 5.69 Å². The van der Waals surface area contributed by atoms with E-state index in [1.54, 1.807) is 24.4 Å². The number of nitrogen functional groups attached to an aromatic ring is 1. The number of nitrogens with two attached hydrogens (primary N) is 1. The highest BCUT2D eigenvalue weighted by Crippen LogP contribution is 2.32. The Labute approximate surface area is 133 Å². The summed E-state index contributed by atoms with van der Waals surface area (Å²) in [7, 11) is -0.528. The van der Waals surface area contributed by atoms with Gasteiger partial charge in [-0.05, 0) is 30.3 Å². The number of rotatable bonds is 4. The van der Waals surface area contributed by atoms with E-state index >= 15 is 0 Å². The van der Waals surface area contributed by atoms with Gasteiger partial charge in [0.2, 0.25) is 10.0 Å². The van der Waals surface area contributed by atoms with Crippen molar-refractivity contribution in [3.63, 3.8) is 0 Å². The average molecular weight is 344 g/mol. The second-order valence-corrected chi connectivity index (χ2v) is 8.05. The van der Waals surface area contributed by atoms with Gasteiger partial charge in [0.25, 0.3) is 0 Å². The Balaban J connectivity index is 2.30. The summed E-state index contributed by atoms with van der Waals surface area (Å²) >= 11 is 7.13. The molecular weight excluding hydrogens is 330 g/mol. The second kappa shape index (κ2) is 6.23. The Morgan fingerprint density at radius 2 is 1.95 bits per heavy atom. The van der Waals surface area contributed by atoms with Gasteiger partial charge in [-0.2, -0.15) is 0 Å². The molecule has 1 heterocycles. The first-order valence-electron chi connectivity index (χ1n) is 5.92.